The zero-order valence-electron chi connectivity index (χ0n) is 10.7. The average Bonchev–Trinajstić information content (AvgIpc) is 2.34. The SMILES string of the molecule is CSC1CCN(c2nc(C)nc(N)c2C)CC1. The quantitative estimate of drug-likeness (QED) is 0.872. The van der Waals surface area contributed by atoms with Gasteiger partial charge in [-0.3, -0.25) is 0 Å². The summed E-state index contributed by atoms with van der Waals surface area (Å²) in [6, 6.07) is 0. The van der Waals surface area contributed by atoms with Gasteiger partial charge >= 0.3 is 0 Å². The van der Waals surface area contributed by atoms with Crippen molar-refractivity contribution >= 4 is 23.4 Å². The summed E-state index contributed by atoms with van der Waals surface area (Å²) >= 11 is 1.97. The van der Waals surface area contributed by atoms with Crippen LogP contribution in [0.2, 0.25) is 0 Å². The first-order chi connectivity index (χ1) is 8.11. The lowest BCUT2D eigenvalue weighted by atomic mass is 10.1. The summed E-state index contributed by atoms with van der Waals surface area (Å²) in [5.74, 6) is 2.39. The Hall–Kier alpha value is -0.970. The van der Waals surface area contributed by atoms with Crippen molar-refractivity contribution in [2.75, 3.05) is 30.0 Å². The van der Waals surface area contributed by atoms with Crippen molar-refractivity contribution in [2.24, 2.45) is 0 Å². The molecule has 2 rings (SSSR count). The van der Waals surface area contributed by atoms with Gasteiger partial charge in [0, 0.05) is 23.9 Å². The molecule has 0 amide bonds. The van der Waals surface area contributed by atoms with Crippen LogP contribution >= 0.6 is 11.8 Å². The Labute approximate surface area is 107 Å². The van der Waals surface area contributed by atoms with E-state index < -0.39 is 0 Å². The van der Waals surface area contributed by atoms with Crippen molar-refractivity contribution < 1.29 is 0 Å². The number of nitrogens with zero attached hydrogens (tertiary/aromatic N) is 3. The third-order valence-corrected chi connectivity index (χ3v) is 4.48. The smallest absolute Gasteiger partial charge is 0.137 e. The molecule has 0 spiro atoms. The summed E-state index contributed by atoms with van der Waals surface area (Å²) in [4.78, 5) is 11.1. The predicted molar refractivity (Wildman–Crippen MR) is 74.7 cm³/mol. The van der Waals surface area contributed by atoms with E-state index in [0.29, 0.717) is 5.82 Å². The molecule has 0 aromatic carbocycles. The second-order valence-electron chi connectivity index (χ2n) is 4.53. The Morgan fingerprint density at radius 2 is 1.88 bits per heavy atom. The van der Waals surface area contributed by atoms with Gasteiger partial charge in [0.2, 0.25) is 0 Å². The highest BCUT2D eigenvalue weighted by Gasteiger charge is 2.21. The number of thioether (sulfide) groups is 1. The third-order valence-electron chi connectivity index (χ3n) is 3.34. The van der Waals surface area contributed by atoms with Gasteiger partial charge in [-0.05, 0) is 32.9 Å². The van der Waals surface area contributed by atoms with E-state index in [2.05, 4.69) is 21.1 Å². The number of piperidine rings is 1. The van der Waals surface area contributed by atoms with E-state index in [0.717, 1.165) is 35.5 Å². The first kappa shape index (κ1) is 12.5. The highest BCUT2D eigenvalue weighted by atomic mass is 32.2. The highest BCUT2D eigenvalue weighted by molar-refractivity contribution is 7.99. The van der Waals surface area contributed by atoms with Crippen LogP contribution in [0.25, 0.3) is 0 Å². The number of aromatic nitrogens is 2. The van der Waals surface area contributed by atoms with Crippen molar-refractivity contribution in [2.45, 2.75) is 31.9 Å². The van der Waals surface area contributed by atoms with Crippen molar-refractivity contribution in [3.63, 3.8) is 0 Å². The Kier molecular flexibility index (Phi) is 3.76. The molecule has 2 heterocycles. The van der Waals surface area contributed by atoms with Crippen LogP contribution < -0.4 is 10.6 Å². The highest BCUT2D eigenvalue weighted by Crippen LogP contribution is 2.27. The van der Waals surface area contributed by atoms with Crippen molar-refractivity contribution in [3.05, 3.63) is 11.4 Å². The molecule has 17 heavy (non-hydrogen) atoms. The molecular formula is C12H20N4S. The van der Waals surface area contributed by atoms with E-state index in [-0.39, 0.29) is 0 Å². The molecule has 1 aliphatic rings. The zero-order chi connectivity index (χ0) is 12.4. The van der Waals surface area contributed by atoms with Crippen LogP contribution in [0.15, 0.2) is 0 Å². The number of hydrogen-bond acceptors (Lipinski definition) is 5. The van der Waals surface area contributed by atoms with Gasteiger partial charge in [-0.25, -0.2) is 9.97 Å². The van der Waals surface area contributed by atoms with Crippen molar-refractivity contribution in [1.29, 1.82) is 0 Å². The summed E-state index contributed by atoms with van der Waals surface area (Å²) in [6.07, 6.45) is 4.64. The van der Waals surface area contributed by atoms with Gasteiger partial charge in [0.1, 0.15) is 17.5 Å². The van der Waals surface area contributed by atoms with Gasteiger partial charge in [-0.1, -0.05) is 0 Å². The molecule has 0 atom stereocenters. The third kappa shape index (κ3) is 2.65. The normalized spacial score (nSPS) is 17.5. The van der Waals surface area contributed by atoms with Crippen LogP contribution in [0, 0.1) is 13.8 Å². The van der Waals surface area contributed by atoms with Crippen LogP contribution in [0.3, 0.4) is 0 Å². The zero-order valence-corrected chi connectivity index (χ0v) is 11.5. The molecule has 1 saturated heterocycles. The molecule has 0 bridgehead atoms. The molecule has 0 saturated carbocycles. The fourth-order valence-electron chi connectivity index (χ4n) is 2.25. The molecule has 4 nitrogen and oxygen atoms in total. The van der Waals surface area contributed by atoms with Crippen LogP contribution in [-0.4, -0.2) is 34.6 Å². The summed E-state index contributed by atoms with van der Waals surface area (Å²) in [6.45, 7) is 6.04. The maximum absolute atomic E-state index is 5.90. The van der Waals surface area contributed by atoms with E-state index in [1.807, 2.05) is 25.6 Å². The van der Waals surface area contributed by atoms with E-state index in [4.69, 9.17) is 5.73 Å². The fraction of sp³-hybridized carbons (Fsp3) is 0.667. The molecule has 2 N–H and O–H groups in total. The molecule has 1 aromatic heterocycles. The maximum atomic E-state index is 5.90. The maximum Gasteiger partial charge on any atom is 0.137 e. The number of hydrogen-bond donors (Lipinski definition) is 1. The van der Waals surface area contributed by atoms with Crippen LogP contribution in [0.4, 0.5) is 11.6 Å². The summed E-state index contributed by atoms with van der Waals surface area (Å²) in [5, 5.41) is 0.798. The second kappa shape index (κ2) is 5.12. The van der Waals surface area contributed by atoms with Gasteiger partial charge in [-0.2, -0.15) is 11.8 Å². The minimum absolute atomic E-state index is 0.611. The first-order valence-corrected chi connectivity index (χ1v) is 7.29. The molecule has 0 aliphatic carbocycles. The Morgan fingerprint density at radius 1 is 1.24 bits per heavy atom. The van der Waals surface area contributed by atoms with Gasteiger partial charge in [-0.15, -0.1) is 0 Å². The summed E-state index contributed by atoms with van der Waals surface area (Å²) < 4.78 is 0. The van der Waals surface area contributed by atoms with Crippen LogP contribution in [0.1, 0.15) is 24.2 Å². The van der Waals surface area contributed by atoms with Gasteiger partial charge in [0.25, 0.3) is 0 Å². The predicted octanol–water partition coefficient (Wildman–Crippen LogP) is 2.01. The van der Waals surface area contributed by atoms with E-state index >= 15 is 0 Å². The Bertz CT molecular complexity index is 400. The number of rotatable bonds is 2. The molecule has 5 heteroatoms. The topological polar surface area (TPSA) is 55.0 Å². The van der Waals surface area contributed by atoms with Crippen LogP contribution in [0.5, 0.6) is 0 Å². The average molecular weight is 252 g/mol. The monoisotopic (exact) mass is 252 g/mol. The minimum Gasteiger partial charge on any atom is -0.383 e. The molecular weight excluding hydrogens is 232 g/mol. The van der Waals surface area contributed by atoms with E-state index in [1.165, 1.54) is 12.8 Å². The van der Waals surface area contributed by atoms with Crippen molar-refractivity contribution in [1.82, 2.24) is 9.97 Å². The Morgan fingerprint density at radius 3 is 2.47 bits per heavy atom. The lowest BCUT2D eigenvalue weighted by Gasteiger charge is -2.33. The van der Waals surface area contributed by atoms with E-state index in [9.17, 15) is 0 Å². The fourth-order valence-corrected chi connectivity index (χ4v) is 2.93. The first-order valence-electron chi connectivity index (χ1n) is 6.00. The number of nitrogens with two attached hydrogens (primary N) is 1. The van der Waals surface area contributed by atoms with Gasteiger partial charge < -0.3 is 10.6 Å². The minimum atomic E-state index is 0.611. The molecule has 94 valence electrons. The number of aryl methyl sites for hydroxylation is 1. The van der Waals surface area contributed by atoms with E-state index in [1.54, 1.807) is 0 Å². The molecule has 1 fully saturated rings. The van der Waals surface area contributed by atoms with Crippen molar-refractivity contribution in [3.8, 4) is 0 Å². The molecule has 1 aromatic rings. The number of nitrogen functional groups attached to an aromatic ring is 1. The lowest BCUT2D eigenvalue weighted by molar-refractivity contribution is 0.585. The molecule has 1 aliphatic heterocycles. The van der Waals surface area contributed by atoms with Crippen LogP contribution in [-0.2, 0) is 0 Å². The summed E-state index contributed by atoms with van der Waals surface area (Å²) in [7, 11) is 0. The lowest BCUT2D eigenvalue weighted by Crippen LogP contribution is -2.36. The standard InChI is InChI=1S/C12H20N4S/c1-8-11(13)14-9(2)15-12(8)16-6-4-10(17-3)5-7-16/h10H,4-7H2,1-3H3,(H2,13,14,15). The Balaban J connectivity index is 2.18. The van der Waals surface area contributed by atoms with Gasteiger partial charge in [0.15, 0.2) is 0 Å². The second-order valence-corrected chi connectivity index (χ2v) is 5.66. The largest absolute Gasteiger partial charge is 0.383 e. The molecule has 0 radical (unpaired) electrons. The summed E-state index contributed by atoms with van der Waals surface area (Å²) in [5.41, 5.74) is 6.91. The number of anilines is 2. The van der Waals surface area contributed by atoms with Gasteiger partial charge in [0.05, 0.1) is 0 Å². The molecule has 0 unspecified atom stereocenters.